The van der Waals surface area contributed by atoms with Gasteiger partial charge < -0.3 is 20.7 Å². The van der Waals surface area contributed by atoms with Gasteiger partial charge in [0.05, 0.1) is 53.1 Å². The molecule has 2 aliphatic rings. The van der Waals surface area contributed by atoms with Crippen LogP contribution < -0.4 is 16.0 Å². The number of carbonyl (C=O) groups excluding carboxylic acids is 1. The van der Waals surface area contributed by atoms with Gasteiger partial charge in [0.15, 0.2) is 24.8 Å². The molecule has 3 N–H and O–H groups in total. The minimum atomic E-state index is -3.35. The van der Waals surface area contributed by atoms with Gasteiger partial charge >= 0.3 is 6.09 Å². The van der Waals surface area contributed by atoms with Gasteiger partial charge in [0.25, 0.3) is 0 Å². The monoisotopic (exact) mass is 433 g/mol. The molecule has 0 saturated carbocycles. The molecule has 0 radical (unpaired) electrons. The molecule has 0 bridgehead atoms. The second-order valence-corrected chi connectivity index (χ2v) is 11.2. The number of hydrogen-bond acceptors (Lipinski definition) is 7. The maximum atomic E-state index is 11.9. The summed E-state index contributed by atoms with van der Waals surface area (Å²) < 4.78 is 51.6. The number of ether oxygens (including phenoxy) is 1. The van der Waals surface area contributed by atoms with Crippen LogP contribution in [0, 0.1) is 0 Å². The fourth-order valence-electron chi connectivity index (χ4n) is 2.77. The molecule has 0 aliphatic carbocycles. The molecule has 2 heterocycles. The maximum Gasteiger partial charge on any atom is 0.407 e. The molecule has 0 spiro atoms. The van der Waals surface area contributed by atoms with Crippen LogP contribution in [0.25, 0.3) is 0 Å². The van der Waals surface area contributed by atoms with E-state index in [-0.39, 0.29) is 34.7 Å². The highest BCUT2D eigenvalue weighted by Gasteiger charge is 2.40. The smallest absolute Gasteiger partial charge is 0.407 e. The molecule has 4 unspecified atom stereocenters. The molecule has 2 aliphatic heterocycles. The first-order valence-corrected chi connectivity index (χ1v) is 12.1. The molecule has 9 nitrogen and oxygen atoms in total. The second kappa shape index (κ2) is 7.80. The Morgan fingerprint density at radius 3 is 2.00 bits per heavy atom. The van der Waals surface area contributed by atoms with E-state index < -0.39 is 49.3 Å². The van der Waals surface area contributed by atoms with E-state index in [1.165, 1.54) is 0 Å². The molecule has 2 saturated heterocycles. The third kappa shape index (κ3) is 5.83. The zero-order chi connectivity index (χ0) is 18.8. The van der Waals surface area contributed by atoms with Crippen LogP contribution in [-0.4, -0.2) is 81.2 Å². The number of sulfone groups is 2. The Kier molecular flexibility index (Phi) is 6.39. The Labute approximate surface area is 157 Å². The summed E-state index contributed by atoms with van der Waals surface area (Å²) >= 11 is 11.1. The molecule has 0 aromatic heterocycles. The average molecular weight is 434 g/mol. The minimum Gasteiger partial charge on any atom is -0.450 e. The number of rotatable bonds is 4. The quantitative estimate of drug-likeness (QED) is 0.368. The number of alkyl carbamates (subject to hydrolysis) is 1. The zero-order valence-electron chi connectivity index (χ0n) is 13.4. The van der Waals surface area contributed by atoms with Crippen LogP contribution in [0.3, 0.4) is 0 Å². The number of halogens is 1. The molecule has 1 amide bonds. The summed E-state index contributed by atoms with van der Waals surface area (Å²) in [5.41, 5.74) is 0. The summed E-state index contributed by atoms with van der Waals surface area (Å²) in [6.45, 7) is 1.80. The molecule has 4 atom stereocenters. The molecule has 0 aromatic rings. The second-order valence-electron chi connectivity index (χ2n) is 5.97. The molecule has 25 heavy (non-hydrogen) atoms. The summed E-state index contributed by atoms with van der Waals surface area (Å²) in [6, 6.07) is -1.91. The van der Waals surface area contributed by atoms with Crippen molar-refractivity contribution in [2.75, 3.05) is 29.6 Å². The van der Waals surface area contributed by atoms with Gasteiger partial charge in [0.2, 0.25) is 0 Å². The van der Waals surface area contributed by atoms with Crippen molar-refractivity contribution < 1.29 is 26.4 Å². The summed E-state index contributed by atoms with van der Waals surface area (Å²) in [6.07, 6.45) is -0.710. The number of thiocarbonyl (C=S) groups is 1. The van der Waals surface area contributed by atoms with E-state index in [2.05, 4.69) is 16.0 Å². The van der Waals surface area contributed by atoms with Gasteiger partial charge in [-0.05, 0) is 19.1 Å². The number of hydrogen-bond donors (Lipinski definition) is 3. The lowest BCUT2D eigenvalue weighted by molar-refractivity contribution is 0.148. The first-order valence-electron chi connectivity index (χ1n) is 7.56. The van der Waals surface area contributed by atoms with Crippen molar-refractivity contribution in [3.8, 4) is 0 Å². The lowest BCUT2D eigenvalue weighted by atomic mass is 10.2. The number of amides is 1. The minimum absolute atomic E-state index is 0.0884. The van der Waals surface area contributed by atoms with Crippen molar-refractivity contribution in [3.63, 3.8) is 0 Å². The van der Waals surface area contributed by atoms with E-state index in [0.29, 0.717) is 0 Å². The van der Waals surface area contributed by atoms with E-state index >= 15 is 0 Å². The third-order valence-electron chi connectivity index (χ3n) is 3.85. The van der Waals surface area contributed by atoms with Crippen LogP contribution in [0.1, 0.15) is 6.92 Å². The van der Waals surface area contributed by atoms with Crippen molar-refractivity contribution in [1.82, 2.24) is 16.0 Å². The van der Waals surface area contributed by atoms with Gasteiger partial charge in [-0.2, -0.15) is 0 Å². The molecule has 144 valence electrons. The largest absolute Gasteiger partial charge is 0.450 e. The van der Waals surface area contributed by atoms with Crippen LogP contribution >= 0.6 is 23.8 Å². The van der Waals surface area contributed by atoms with E-state index in [1.807, 2.05) is 0 Å². The Morgan fingerprint density at radius 2 is 1.48 bits per heavy atom. The maximum absolute atomic E-state index is 11.9. The summed E-state index contributed by atoms with van der Waals surface area (Å²) in [7, 11) is -6.57. The highest BCUT2D eigenvalue weighted by Crippen LogP contribution is 2.18. The first-order chi connectivity index (χ1) is 11.5. The topological polar surface area (TPSA) is 131 Å². The van der Waals surface area contributed by atoms with Crippen molar-refractivity contribution in [1.29, 1.82) is 0 Å². The molecular formula is C12H20ClN3O6S3. The highest BCUT2D eigenvalue weighted by atomic mass is 35.5. The number of carbonyl (C=O) groups is 1. The standard InChI is InChI=1S/C12H20ClN3O6S3/c1-2-22-12(17)16-10-6-25(20,21)5-9(10)15-11(23)14-8-4-24(18,19)3-7(8)13/h7-10H,2-6H2,1H3,(H,16,17)(H2,14,15,23). The summed E-state index contributed by atoms with van der Waals surface area (Å²) in [5, 5.41) is 7.59. The fourth-order valence-corrected chi connectivity index (χ4v) is 7.49. The van der Waals surface area contributed by atoms with Crippen LogP contribution in [0.15, 0.2) is 0 Å². The Bertz CT molecular complexity index is 741. The number of alkyl halides is 1. The lowest BCUT2D eigenvalue weighted by Gasteiger charge is -2.24. The normalized spacial score (nSPS) is 32.7. The molecule has 13 heteroatoms. The van der Waals surface area contributed by atoms with Gasteiger partial charge in [0.1, 0.15) is 0 Å². The predicted molar refractivity (Wildman–Crippen MR) is 97.3 cm³/mol. The summed E-state index contributed by atoms with van der Waals surface area (Å²) in [4.78, 5) is 11.5. The Hall–Kier alpha value is -0.850. The Morgan fingerprint density at radius 1 is 1.00 bits per heavy atom. The van der Waals surface area contributed by atoms with E-state index in [1.54, 1.807) is 6.92 Å². The lowest BCUT2D eigenvalue weighted by Crippen LogP contribution is -2.55. The van der Waals surface area contributed by atoms with E-state index in [9.17, 15) is 21.6 Å². The molecule has 2 fully saturated rings. The van der Waals surface area contributed by atoms with Crippen molar-refractivity contribution in [2.45, 2.75) is 30.4 Å². The average Bonchev–Trinajstić information content (AvgIpc) is 2.84. The third-order valence-corrected chi connectivity index (χ3v) is 8.19. The van der Waals surface area contributed by atoms with Crippen molar-refractivity contribution in [2.24, 2.45) is 0 Å². The predicted octanol–water partition coefficient (Wildman–Crippen LogP) is -1.23. The highest BCUT2D eigenvalue weighted by molar-refractivity contribution is 7.92. The molecular weight excluding hydrogens is 414 g/mol. The fraction of sp³-hybridized carbons (Fsp3) is 0.833. The first kappa shape index (κ1) is 20.5. The van der Waals surface area contributed by atoms with Gasteiger partial charge in [-0.3, -0.25) is 0 Å². The summed E-state index contributed by atoms with van der Waals surface area (Å²) in [5.74, 6) is -0.725. The van der Waals surface area contributed by atoms with Crippen LogP contribution in [0.2, 0.25) is 0 Å². The van der Waals surface area contributed by atoms with Gasteiger partial charge in [-0.25, -0.2) is 21.6 Å². The van der Waals surface area contributed by atoms with Crippen molar-refractivity contribution >= 4 is 54.7 Å². The SMILES string of the molecule is CCOC(=O)NC1CS(=O)(=O)CC1NC(=S)NC1CS(=O)(=O)CC1Cl. The Balaban J connectivity index is 1.96. The van der Waals surface area contributed by atoms with Gasteiger partial charge in [-0.1, -0.05) is 0 Å². The molecule has 0 aromatic carbocycles. The van der Waals surface area contributed by atoms with Gasteiger partial charge in [0, 0.05) is 0 Å². The van der Waals surface area contributed by atoms with Crippen LogP contribution in [0.5, 0.6) is 0 Å². The van der Waals surface area contributed by atoms with Crippen LogP contribution in [0.4, 0.5) is 4.79 Å². The van der Waals surface area contributed by atoms with Crippen molar-refractivity contribution in [3.05, 3.63) is 0 Å². The van der Waals surface area contributed by atoms with E-state index in [4.69, 9.17) is 28.6 Å². The number of nitrogens with one attached hydrogen (secondary N) is 3. The van der Waals surface area contributed by atoms with Gasteiger partial charge in [-0.15, -0.1) is 11.6 Å². The molecule has 2 rings (SSSR count). The zero-order valence-corrected chi connectivity index (χ0v) is 16.6. The van der Waals surface area contributed by atoms with Crippen LogP contribution in [-0.2, 0) is 24.4 Å². The van der Waals surface area contributed by atoms with E-state index in [0.717, 1.165) is 0 Å².